The van der Waals surface area contributed by atoms with E-state index in [0.29, 0.717) is 38.9 Å². The number of carbonyl (C=O) groups excluding carboxylic acids is 1. The molecule has 0 bridgehead atoms. The summed E-state index contributed by atoms with van der Waals surface area (Å²) in [6.45, 7) is 1.62. The topological polar surface area (TPSA) is 54.5 Å². The van der Waals surface area contributed by atoms with Crippen molar-refractivity contribution in [3.8, 4) is 0 Å². The van der Waals surface area contributed by atoms with Gasteiger partial charge in [0.25, 0.3) is 0 Å². The van der Waals surface area contributed by atoms with Crippen LogP contribution in [-0.4, -0.2) is 57.8 Å². The van der Waals surface area contributed by atoms with Crippen molar-refractivity contribution in [3.05, 3.63) is 42.1 Å². The molecule has 0 spiro atoms. The molecule has 25 heavy (non-hydrogen) atoms. The van der Waals surface area contributed by atoms with Crippen LogP contribution in [0.4, 0.5) is 4.39 Å². The Morgan fingerprint density at radius 3 is 3.00 bits per heavy atom. The van der Waals surface area contributed by atoms with Crippen LogP contribution in [0.3, 0.4) is 0 Å². The number of carbonyl (C=O) groups is 1. The van der Waals surface area contributed by atoms with E-state index < -0.39 is 6.17 Å². The molecule has 1 aliphatic heterocycles. The normalized spacial score (nSPS) is 20.9. The lowest BCUT2D eigenvalue weighted by Gasteiger charge is -2.28. The summed E-state index contributed by atoms with van der Waals surface area (Å²) < 4.78 is 20.7. The minimum atomic E-state index is -0.837. The fourth-order valence-electron chi connectivity index (χ4n) is 3.39. The quantitative estimate of drug-likeness (QED) is 0.768. The van der Waals surface area contributed by atoms with Gasteiger partial charge in [-0.25, -0.2) is 4.39 Å². The predicted molar refractivity (Wildman–Crippen MR) is 91.6 cm³/mol. The van der Waals surface area contributed by atoms with Gasteiger partial charge < -0.3 is 9.32 Å². The largest absolute Gasteiger partial charge is 0.472 e. The molecule has 1 fully saturated rings. The summed E-state index contributed by atoms with van der Waals surface area (Å²) in [7, 11) is 3.67. The van der Waals surface area contributed by atoms with Crippen LogP contribution in [-0.2, 0) is 24.8 Å². The van der Waals surface area contributed by atoms with Gasteiger partial charge in [-0.2, -0.15) is 5.10 Å². The van der Waals surface area contributed by atoms with E-state index in [9.17, 15) is 9.18 Å². The minimum absolute atomic E-state index is 0.0399. The number of nitrogens with zero attached hydrogens (tertiary/aromatic N) is 4. The molecule has 3 rings (SSSR count). The maximum atomic E-state index is 13.9. The Hall–Kier alpha value is -2.15. The van der Waals surface area contributed by atoms with E-state index in [-0.39, 0.29) is 11.9 Å². The van der Waals surface area contributed by atoms with Crippen LogP contribution >= 0.6 is 0 Å². The summed E-state index contributed by atoms with van der Waals surface area (Å²) in [4.78, 5) is 16.2. The van der Waals surface area contributed by atoms with E-state index in [1.165, 1.54) is 0 Å². The zero-order valence-electron chi connectivity index (χ0n) is 14.8. The minimum Gasteiger partial charge on any atom is -0.472 e. The SMILES string of the molecule is CN(C[C@@H]1C[C@H](F)CN1Cc1cnn(C)c1)C(=O)CCc1ccoc1. The molecule has 2 atom stereocenters. The van der Waals surface area contributed by atoms with Crippen LogP contribution in [0.5, 0.6) is 0 Å². The first kappa shape index (κ1) is 17.7. The summed E-state index contributed by atoms with van der Waals surface area (Å²) >= 11 is 0. The van der Waals surface area contributed by atoms with Gasteiger partial charge in [0.05, 0.1) is 18.7 Å². The van der Waals surface area contributed by atoms with E-state index in [0.717, 1.165) is 11.1 Å². The standard InChI is InChI=1S/C18H25FN4O2/c1-21(18(24)4-3-14-5-6-25-13-14)12-17-7-16(19)11-23(17)10-15-8-20-22(2)9-15/h5-6,8-9,13,16-17H,3-4,7,10-12H2,1-2H3/t16-,17-/m0/s1. The molecule has 2 aromatic rings. The monoisotopic (exact) mass is 348 g/mol. The third-order valence-electron chi connectivity index (χ3n) is 4.74. The number of amides is 1. The maximum absolute atomic E-state index is 13.9. The molecule has 0 radical (unpaired) electrons. The van der Waals surface area contributed by atoms with Gasteiger partial charge in [0.1, 0.15) is 6.17 Å². The summed E-state index contributed by atoms with van der Waals surface area (Å²) in [5, 5.41) is 4.16. The number of hydrogen-bond donors (Lipinski definition) is 0. The molecule has 1 saturated heterocycles. The second kappa shape index (κ2) is 7.82. The van der Waals surface area contributed by atoms with Crippen molar-refractivity contribution >= 4 is 5.91 Å². The van der Waals surface area contributed by atoms with E-state index in [1.807, 2.05) is 25.5 Å². The van der Waals surface area contributed by atoms with Crippen LogP contribution in [0.25, 0.3) is 0 Å². The number of hydrogen-bond acceptors (Lipinski definition) is 4. The van der Waals surface area contributed by atoms with Gasteiger partial charge in [-0.1, -0.05) is 0 Å². The van der Waals surface area contributed by atoms with Crippen molar-refractivity contribution in [2.75, 3.05) is 20.1 Å². The molecule has 0 N–H and O–H groups in total. The number of furan rings is 1. The molecule has 0 aromatic carbocycles. The Morgan fingerprint density at radius 1 is 1.48 bits per heavy atom. The highest BCUT2D eigenvalue weighted by Crippen LogP contribution is 2.23. The molecule has 6 nitrogen and oxygen atoms in total. The van der Waals surface area contributed by atoms with E-state index >= 15 is 0 Å². The first-order valence-electron chi connectivity index (χ1n) is 8.62. The second-order valence-corrected chi connectivity index (χ2v) is 6.84. The molecule has 0 aliphatic carbocycles. The van der Waals surface area contributed by atoms with Crippen molar-refractivity contribution in [1.82, 2.24) is 19.6 Å². The number of aryl methyl sites for hydroxylation is 2. The number of likely N-dealkylation sites (N-methyl/N-ethyl adjacent to an activating group) is 1. The van der Waals surface area contributed by atoms with Crippen LogP contribution in [0.1, 0.15) is 24.0 Å². The fraction of sp³-hybridized carbons (Fsp3) is 0.556. The van der Waals surface area contributed by atoms with Crippen molar-refractivity contribution in [2.24, 2.45) is 7.05 Å². The third kappa shape index (κ3) is 4.69. The van der Waals surface area contributed by atoms with Gasteiger partial charge in [0.15, 0.2) is 0 Å². The Morgan fingerprint density at radius 2 is 2.32 bits per heavy atom. The number of aromatic nitrogens is 2. The number of alkyl halides is 1. The number of halogens is 1. The Labute approximate surface area is 147 Å². The second-order valence-electron chi connectivity index (χ2n) is 6.84. The molecule has 7 heteroatoms. The first-order valence-corrected chi connectivity index (χ1v) is 8.62. The molecule has 3 heterocycles. The molecule has 1 aliphatic rings. The zero-order valence-corrected chi connectivity index (χ0v) is 14.8. The zero-order chi connectivity index (χ0) is 17.8. The third-order valence-corrected chi connectivity index (χ3v) is 4.74. The molecule has 136 valence electrons. The Bertz CT molecular complexity index is 685. The molecule has 0 saturated carbocycles. The summed E-state index contributed by atoms with van der Waals surface area (Å²) in [6, 6.07) is 1.91. The van der Waals surface area contributed by atoms with E-state index in [4.69, 9.17) is 4.42 Å². The highest BCUT2D eigenvalue weighted by Gasteiger charge is 2.33. The van der Waals surface area contributed by atoms with Crippen molar-refractivity contribution in [2.45, 2.75) is 38.0 Å². The van der Waals surface area contributed by atoms with Crippen LogP contribution in [0, 0.1) is 0 Å². The van der Waals surface area contributed by atoms with Crippen molar-refractivity contribution in [1.29, 1.82) is 0 Å². The highest BCUT2D eigenvalue weighted by atomic mass is 19.1. The molecule has 2 aromatic heterocycles. The summed E-state index contributed by atoms with van der Waals surface area (Å²) in [5.74, 6) is 0.0739. The highest BCUT2D eigenvalue weighted by molar-refractivity contribution is 5.76. The van der Waals surface area contributed by atoms with Crippen molar-refractivity contribution < 1.29 is 13.6 Å². The van der Waals surface area contributed by atoms with Gasteiger partial charge in [0, 0.05) is 58.0 Å². The molecule has 1 amide bonds. The average Bonchev–Trinajstić information content (AvgIpc) is 3.29. The fourth-order valence-corrected chi connectivity index (χ4v) is 3.39. The average molecular weight is 348 g/mol. The van der Waals surface area contributed by atoms with Gasteiger partial charge in [0.2, 0.25) is 5.91 Å². The predicted octanol–water partition coefficient (Wildman–Crippen LogP) is 2.02. The number of likely N-dealkylation sites (tertiary alicyclic amines) is 1. The van der Waals surface area contributed by atoms with Gasteiger partial charge in [-0.05, 0) is 24.5 Å². The molecule has 0 unspecified atom stereocenters. The van der Waals surface area contributed by atoms with E-state index in [2.05, 4.69) is 10.00 Å². The lowest BCUT2D eigenvalue weighted by molar-refractivity contribution is -0.130. The van der Waals surface area contributed by atoms with Crippen LogP contribution in [0.2, 0.25) is 0 Å². The van der Waals surface area contributed by atoms with Crippen molar-refractivity contribution in [3.63, 3.8) is 0 Å². The van der Waals surface area contributed by atoms with E-state index in [1.54, 1.807) is 29.2 Å². The van der Waals surface area contributed by atoms with Crippen LogP contribution in [0.15, 0.2) is 35.4 Å². The first-order chi connectivity index (χ1) is 12.0. The molecular formula is C18H25FN4O2. The van der Waals surface area contributed by atoms with Crippen LogP contribution < -0.4 is 0 Å². The smallest absolute Gasteiger partial charge is 0.222 e. The van der Waals surface area contributed by atoms with Gasteiger partial charge in [-0.15, -0.1) is 0 Å². The summed E-state index contributed by atoms with van der Waals surface area (Å²) in [5.41, 5.74) is 2.08. The molecular weight excluding hydrogens is 323 g/mol. The lowest BCUT2D eigenvalue weighted by atomic mass is 10.1. The summed E-state index contributed by atoms with van der Waals surface area (Å²) in [6.07, 6.45) is 7.76. The Balaban J connectivity index is 1.52. The van der Waals surface area contributed by atoms with Gasteiger partial charge >= 0.3 is 0 Å². The Kier molecular flexibility index (Phi) is 5.53. The van der Waals surface area contributed by atoms with Gasteiger partial charge in [-0.3, -0.25) is 14.4 Å². The number of rotatable bonds is 7. The maximum Gasteiger partial charge on any atom is 0.222 e. The lowest BCUT2D eigenvalue weighted by Crippen LogP contribution is -2.41.